The zero-order chi connectivity index (χ0) is 14.0. The van der Waals surface area contributed by atoms with E-state index in [-0.39, 0.29) is 17.8 Å². The maximum Gasteiger partial charge on any atom is 0.250 e. The van der Waals surface area contributed by atoms with Crippen molar-refractivity contribution in [1.29, 1.82) is 0 Å². The van der Waals surface area contributed by atoms with Crippen molar-refractivity contribution in [3.05, 3.63) is 29.8 Å². The van der Waals surface area contributed by atoms with Crippen LogP contribution in [0.2, 0.25) is 0 Å². The summed E-state index contributed by atoms with van der Waals surface area (Å²) in [6, 6.07) is 7.79. The number of rotatable bonds is 3. The third-order valence-corrected chi connectivity index (χ3v) is 2.73. The molecule has 0 amide bonds. The predicted molar refractivity (Wildman–Crippen MR) is 74.7 cm³/mol. The molecule has 0 spiro atoms. The third-order valence-electron chi connectivity index (χ3n) is 2.73. The summed E-state index contributed by atoms with van der Waals surface area (Å²) in [5.41, 5.74) is 7.74. The van der Waals surface area contributed by atoms with Crippen LogP contribution in [-0.4, -0.2) is 20.7 Å². The van der Waals surface area contributed by atoms with E-state index in [1.54, 1.807) is 0 Å². The van der Waals surface area contributed by atoms with Gasteiger partial charge in [-0.15, -0.1) is 5.10 Å². The van der Waals surface area contributed by atoms with E-state index in [4.69, 9.17) is 5.73 Å². The third kappa shape index (κ3) is 2.99. The lowest BCUT2D eigenvalue weighted by Crippen LogP contribution is -2.17. The van der Waals surface area contributed by atoms with Crippen LogP contribution in [0.1, 0.15) is 30.6 Å². The van der Waals surface area contributed by atoms with E-state index in [1.807, 2.05) is 45.0 Å². The van der Waals surface area contributed by atoms with Crippen molar-refractivity contribution >= 4 is 11.9 Å². The molecule has 1 heterocycles. The molecule has 1 aromatic heterocycles. The summed E-state index contributed by atoms with van der Waals surface area (Å²) in [6.07, 6.45) is 0.404. The molecule has 2 rings (SSSR count). The number of hydrogen-bond donors (Lipinski definition) is 1. The lowest BCUT2D eigenvalue weighted by Gasteiger charge is -2.03. The van der Waals surface area contributed by atoms with Crippen LogP contribution in [0.5, 0.6) is 0 Å². The second-order valence-corrected chi connectivity index (χ2v) is 5.07. The van der Waals surface area contributed by atoms with E-state index < -0.39 is 0 Å². The number of hydrogen-bond acceptors (Lipinski definition) is 4. The molecule has 1 aromatic carbocycles. The molecule has 0 saturated carbocycles. The normalized spacial score (nSPS) is 10.9. The standard InChI is InChI=1S/C14H18N4O/c1-9(2)7-12(19)18-14(15)16-13(17-18)11-6-4-5-10(3)8-11/h4-6,8-9H,7H2,1-3H3,(H2,15,16,17). The number of nitrogens with two attached hydrogens (primary N) is 1. The fraction of sp³-hybridized carbons (Fsp3) is 0.357. The molecule has 0 saturated heterocycles. The van der Waals surface area contributed by atoms with E-state index in [0.29, 0.717) is 12.2 Å². The molecule has 100 valence electrons. The Kier molecular flexibility index (Phi) is 3.64. The van der Waals surface area contributed by atoms with Crippen LogP contribution in [-0.2, 0) is 0 Å². The van der Waals surface area contributed by atoms with E-state index in [1.165, 1.54) is 4.68 Å². The molecule has 2 aromatic rings. The summed E-state index contributed by atoms with van der Waals surface area (Å²) in [6.45, 7) is 5.95. The Balaban J connectivity index is 2.33. The fourth-order valence-electron chi connectivity index (χ4n) is 1.85. The average molecular weight is 258 g/mol. The first kappa shape index (κ1) is 13.3. The maximum atomic E-state index is 12.0. The molecule has 19 heavy (non-hydrogen) atoms. The number of nitrogens with zero attached hydrogens (tertiary/aromatic N) is 3. The summed E-state index contributed by atoms with van der Waals surface area (Å²) in [5.74, 6) is 0.762. The molecule has 0 bridgehead atoms. The van der Waals surface area contributed by atoms with Crippen LogP contribution in [0.15, 0.2) is 24.3 Å². The van der Waals surface area contributed by atoms with E-state index in [9.17, 15) is 4.79 Å². The molecule has 0 aliphatic carbocycles. The number of carbonyl (C=O) groups is 1. The van der Waals surface area contributed by atoms with Gasteiger partial charge in [-0.25, -0.2) is 0 Å². The first-order valence-electron chi connectivity index (χ1n) is 6.30. The van der Waals surface area contributed by atoms with Crippen molar-refractivity contribution in [3.8, 4) is 11.4 Å². The van der Waals surface area contributed by atoms with Crippen molar-refractivity contribution < 1.29 is 4.79 Å². The van der Waals surface area contributed by atoms with Gasteiger partial charge in [0.15, 0.2) is 5.82 Å². The Bertz CT molecular complexity index is 601. The van der Waals surface area contributed by atoms with Crippen LogP contribution in [0.25, 0.3) is 11.4 Å². The van der Waals surface area contributed by atoms with Crippen LogP contribution in [0.3, 0.4) is 0 Å². The van der Waals surface area contributed by atoms with Crippen LogP contribution in [0, 0.1) is 12.8 Å². The Morgan fingerprint density at radius 3 is 2.79 bits per heavy atom. The molecule has 5 nitrogen and oxygen atoms in total. The topological polar surface area (TPSA) is 73.8 Å². The summed E-state index contributed by atoms with van der Waals surface area (Å²) in [4.78, 5) is 16.1. The molecule has 2 N–H and O–H groups in total. The number of nitrogen functional groups attached to an aromatic ring is 1. The highest BCUT2D eigenvalue weighted by Crippen LogP contribution is 2.18. The van der Waals surface area contributed by atoms with Gasteiger partial charge in [0.05, 0.1) is 0 Å². The highest BCUT2D eigenvalue weighted by atomic mass is 16.2. The molecular formula is C14H18N4O. The molecule has 0 aliphatic heterocycles. The van der Waals surface area contributed by atoms with Gasteiger partial charge in [0.25, 0.3) is 0 Å². The lowest BCUT2D eigenvalue weighted by atomic mass is 10.1. The monoisotopic (exact) mass is 258 g/mol. The molecular weight excluding hydrogens is 240 g/mol. The number of benzene rings is 1. The van der Waals surface area contributed by atoms with Gasteiger partial charge in [0, 0.05) is 12.0 Å². The van der Waals surface area contributed by atoms with E-state index >= 15 is 0 Å². The first-order chi connectivity index (χ1) is 8.97. The molecule has 5 heteroatoms. The zero-order valence-corrected chi connectivity index (χ0v) is 11.4. The second-order valence-electron chi connectivity index (χ2n) is 5.07. The minimum absolute atomic E-state index is 0.126. The van der Waals surface area contributed by atoms with Crippen molar-refractivity contribution in [2.24, 2.45) is 5.92 Å². The molecule has 0 aliphatic rings. The van der Waals surface area contributed by atoms with E-state index in [0.717, 1.165) is 11.1 Å². The Morgan fingerprint density at radius 1 is 1.42 bits per heavy atom. The first-order valence-corrected chi connectivity index (χ1v) is 6.30. The van der Waals surface area contributed by atoms with Crippen LogP contribution < -0.4 is 5.73 Å². The molecule has 0 atom stereocenters. The smallest absolute Gasteiger partial charge is 0.250 e. The summed E-state index contributed by atoms with van der Waals surface area (Å²) < 4.78 is 1.19. The second kappa shape index (κ2) is 5.22. The van der Waals surface area contributed by atoms with Gasteiger partial charge in [0.2, 0.25) is 11.9 Å². The van der Waals surface area contributed by atoms with Gasteiger partial charge in [-0.2, -0.15) is 9.67 Å². The SMILES string of the molecule is Cc1cccc(-c2nc(N)n(C(=O)CC(C)C)n2)c1. The highest BCUT2D eigenvalue weighted by molar-refractivity contribution is 5.81. The summed E-state index contributed by atoms with van der Waals surface area (Å²) in [7, 11) is 0. The van der Waals surface area contributed by atoms with Crippen molar-refractivity contribution in [2.75, 3.05) is 5.73 Å². The quantitative estimate of drug-likeness (QED) is 0.918. The van der Waals surface area contributed by atoms with Crippen molar-refractivity contribution in [3.63, 3.8) is 0 Å². The minimum atomic E-state index is -0.126. The molecule has 0 unspecified atom stereocenters. The largest absolute Gasteiger partial charge is 0.368 e. The van der Waals surface area contributed by atoms with Gasteiger partial charge < -0.3 is 5.73 Å². The van der Waals surface area contributed by atoms with Gasteiger partial charge in [-0.3, -0.25) is 4.79 Å². The maximum absolute atomic E-state index is 12.0. The Morgan fingerprint density at radius 2 is 2.16 bits per heavy atom. The summed E-state index contributed by atoms with van der Waals surface area (Å²) in [5, 5.41) is 4.21. The van der Waals surface area contributed by atoms with Crippen LogP contribution >= 0.6 is 0 Å². The van der Waals surface area contributed by atoms with Crippen LogP contribution in [0.4, 0.5) is 5.95 Å². The zero-order valence-electron chi connectivity index (χ0n) is 11.4. The number of aryl methyl sites for hydroxylation is 1. The number of anilines is 1. The lowest BCUT2D eigenvalue weighted by molar-refractivity contribution is 0.0873. The van der Waals surface area contributed by atoms with Gasteiger partial charge in [-0.05, 0) is 18.9 Å². The van der Waals surface area contributed by atoms with E-state index in [2.05, 4.69) is 10.1 Å². The predicted octanol–water partition coefficient (Wildman–Crippen LogP) is 2.52. The highest BCUT2D eigenvalue weighted by Gasteiger charge is 2.15. The van der Waals surface area contributed by atoms with Crippen molar-refractivity contribution in [1.82, 2.24) is 14.8 Å². The fourth-order valence-corrected chi connectivity index (χ4v) is 1.85. The van der Waals surface area contributed by atoms with Gasteiger partial charge in [-0.1, -0.05) is 37.6 Å². The summed E-state index contributed by atoms with van der Waals surface area (Å²) >= 11 is 0. The number of aromatic nitrogens is 3. The Labute approximate surface area is 112 Å². The number of carbonyl (C=O) groups excluding carboxylic acids is 1. The Hall–Kier alpha value is -2.17. The van der Waals surface area contributed by atoms with Gasteiger partial charge >= 0.3 is 0 Å². The average Bonchev–Trinajstić information content (AvgIpc) is 2.70. The molecule has 0 radical (unpaired) electrons. The minimum Gasteiger partial charge on any atom is -0.368 e. The van der Waals surface area contributed by atoms with Crippen molar-refractivity contribution in [2.45, 2.75) is 27.2 Å². The molecule has 0 fully saturated rings. The van der Waals surface area contributed by atoms with Gasteiger partial charge in [0.1, 0.15) is 0 Å².